The van der Waals surface area contributed by atoms with Crippen molar-refractivity contribution < 1.29 is 14.6 Å². The minimum Gasteiger partial charge on any atom is -0.445 e. The van der Waals surface area contributed by atoms with Gasteiger partial charge < -0.3 is 14.7 Å². The third-order valence-corrected chi connectivity index (χ3v) is 4.75. The third-order valence-electron chi connectivity index (χ3n) is 4.75. The lowest BCUT2D eigenvalue weighted by Gasteiger charge is -2.36. The molecule has 4 nitrogen and oxygen atoms in total. The highest BCUT2D eigenvalue weighted by atomic mass is 16.6. The molecule has 1 saturated heterocycles. The van der Waals surface area contributed by atoms with Gasteiger partial charge in [0.15, 0.2) is 0 Å². The van der Waals surface area contributed by atoms with Crippen molar-refractivity contribution in [3.05, 3.63) is 35.9 Å². The molecule has 1 aromatic rings. The zero-order chi connectivity index (χ0) is 17.2. The van der Waals surface area contributed by atoms with Crippen LogP contribution in [0.1, 0.15) is 63.9 Å². The summed E-state index contributed by atoms with van der Waals surface area (Å²) in [6.07, 6.45) is 7.42. The Kier molecular flexibility index (Phi) is 8.10. The molecule has 2 rings (SSSR count). The van der Waals surface area contributed by atoms with Crippen molar-refractivity contribution in [3.8, 4) is 0 Å². The first kappa shape index (κ1) is 18.8. The SMILES string of the molecule is CCCCC[C@H](O)C[C@H]1CCCCN1C(=O)OCc1ccccc1. The molecule has 0 aromatic heterocycles. The standard InChI is InChI=1S/C20H31NO3/c1-2-3-5-13-19(22)15-18-12-8-9-14-21(18)20(23)24-16-17-10-6-4-7-11-17/h4,6-7,10-11,18-19,22H,2-3,5,8-9,12-16H2,1H3/t18-,19+/m1/s1. The van der Waals surface area contributed by atoms with Crippen LogP contribution in [0, 0.1) is 0 Å². The molecule has 0 bridgehead atoms. The molecular weight excluding hydrogens is 302 g/mol. The summed E-state index contributed by atoms with van der Waals surface area (Å²) in [4.78, 5) is 14.3. The highest BCUT2D eigenvalue weighted by Gasteiger charge is 2.29. The Labute approximate surface area is 145 Å². The molecule has 1 amide bonds. The van der Waals surface area contributed by atoms with Crippen LogP contribution in [0.5, 0.6) is 0 Å². The maximum atomic E-state index is 12.4. The zero-order valence-corrected chi connectivity index (χ0v) is 14.8. The Morgan fingerprint density at radius 2 is 2.08 bits per heavy atom. The monoisotopic (exact) mass is 333 g/mol. The van der Waals surface area contributed by atoms with Crippen molar-refractivity contribution >= 4 is 6.09 Å². The van der Waals surface area contributed by atoms with E-state index in [-0.39, 0.29) is 18.2 Å². The number of aliphatic hydroxyl groups is 1. The third kappa shape index (κ3) is 6.16. The number of hydrogen-bond acceptors (Lipinski definition) is 3. The summed E-state index contributed by atoms with van der Waals surface area (Å²) in [5.74, 6) is 0. The summed E-state index contributed by atoms with van der Waals surface area (Å²) < 4.78 is 5.48. The lowest BCUT2D eigenvalue weighted by Crippen LogP contribution is -2.45. The number of hydrogen-bond donors (Lipinski definition) is 1. The van der Waals surface area contributed by atoms with Gasteiger partial charge in [0.05, 0.1) is 6.10 Å². The summed E-state index contributed by atoms with van der Waals surface area (Å²) >= 11 is 0. The van der Waals surface area contributed by atoms with Crippen molar-refractivity contribution in [2.24, 2.45) is 0 Å². The van der Waals surface area contributed by atoms with Crippen LogP contribution in [0.4, 0.5) is 4.79 Å². The van der Waals surface area contributed by atoms with Crippen molar-refractivity contribution in [1.82, 2.24) is 4.90 Å². The van der Waals surface area contributed by atoms with Crippen molar-refractivity contribution in [2.45, 2.75) is 77.0 Å². The number of ether oxygens (including phenoxy) is 1. The maximum Gasteiger partial charge on any atom is 0.410 e. The smallest absolute Gasteiger partial charge is 0.410 e. The molecule has 0 saturated carbocycles. The van der Waals surface area contributed by atoms with E-state index in [2.05, 4.69) is 6.92 Å². The van der Waals surface area contributed by atoms with Crippen molar-refractivity contribution in [3.63, 3.8) is 0 Å². The van der Waals surface area contributed by atoms with E-state index in [9.17, 15) is 9.90 Å². The topological polar surface area (TPSA) is 49.8 Å². The van der Waals surface area contributed by atoms with Crippen LogP contribution in [0.15, 0.2) is 30.3 Å². The summed E-state index contributed by atoms with van der Waals surface area (Å²) in [6.45, 7) is 3.21. The normalized spacial score (nSPS) is 19.1. The van der Waals surface area contributed by atoms with Crippen LogP contribution in [0.25, 0.3) is 0 Å². The quantitative estimate of drug-likeness (QED) is 0.712. The van der Waals surface area contributed by atoms with Gasteiger partial charge in [-0.15, -0.1) is 0 Å². The minimum atomic E-state index is -0.316. The van der Waals surface area contributed by atoms with Crippen LogP contribution in [-0.2, 0) is 11.3 Å². The lowest BCUT2D eigenvalue weighted by atomic mass is 9.95. The van der Waals surface area contributed by atoms with E-state index in [1.54, 1.807) is 0 Å². The molecule has 24 heavy (non-hydrogen) atoms. The second-order valence-corrected chi connectivity index (χ2v) is 6.77. The molecular formula is C20H31NO3. The molecule has 1 fully saturated rings. The van der Waals surface area contributed by atoms with Gasteiger partial charge in [-0.05, 0) is 37.7 Å². The van der Waals surface area contributed by atoms with E-state index in [1.807, 2.05) is 35.2 Å². The van der Waals surface area contributed by atoms with Gasteiger partial charge in [-0.1, -0.05) is 56.5 Å². The highest BCUT2D eigenvalue weighted by molar-refractivity contribution is 5.68. The molecule has 0 aliphatic carbocycles. The molecule has 0 unspecified atom stereocenters. The number of amides is 1. The summed E-state index contributed by atoms with van der Waals surface area (Å²) in [5.41, 5.74) is 0.999. The molecule has 1 aliphatic heterocycles. The number of carbonyl (C=O) groups excluding carboxylic acids is 1. The predicted octanol–water partition coefficient (Wildman–Crippen LogP) is 4.51. The average molecular weight is 333 g/mol. The maximum absolute atomic E-state index is 12.4. The van der Waals surface area contributed by atoms with Gasteiger partial charge in [0.25, 0.3) is 0 Å². The second kappa shape index (κ2) is 10.3. The number of aliphatic hydroxyl groups excluding tert-OH is 1. The summed E-state index contributed by atoms with van der Waals surface area (Å²) in [7, 11) is 0. The van der Waals surface area contributed by atoms with E-state index in [0.29, 0.717) is 13.0 Å². The number of carbonyl (C=O) groups is 1. The van der Waals surface area contributed by atoms with Gasteiger partial charge in [-0.25, -0.2) is 4.79 Å². The van der Waals surface area contributed by atoms with Crippen molar-refractivity contribution in [2.75, 3.05) is 6.54 Å². The fourth-order valence-corrected chi connectivity index (χ4v) is 3.35. The molecule has 1 aromatic carbocycles. The van der Waals surface area contributed by atoms with Gasteiger partial charge >= 0.3 is 6.09 Å². The van der Waals surface area contributed by atoms with E-state index in [4.69, 9.17) is 4.74 Å². The van der Waals surface area contributed by atoms with Crippen LogP contribution in [-0.4, -0.2) is 34.8 Å². The number of rotatable bonds is 8. The van der Waals surface area contributed by atoms with E-state index >= 15 is 0 Å². The Hall–Kier alpha value is -1.55. The first-order valence-corrected chi connectivity index (χ1v) is 9.36. The highest BCUT2D eigenvalue weighted by Crippen LogP contribution is 2.23. The fraction of sp³-hybridized carbons (Fsp3) is 0.650. The molecule has 134 valence electrons. The number of likely N-dealkylation sites (tertiary alicyclic amines) is 1. The van der Waals surface area contributed by atoms with Gasteiger partial charge in [0.1, 0.15) is 6.61 Å². The number of benzene rings is 1. The number of piperidine rings is 1. The molecule has 1 N–H and O–H groups in total. The summed E-state index contributed by atoms with van der Waals surface area (Å²) in [5, 5.41) is 10.3. The van der Waals surface area contributed by atoms with Crippen molar-refractivity contribution in [1.29, 1.82) is 0 Å². The zero-order valence-electron chi connectivity index (χ0n) is 14.8. The van der Waals surface area contributed by atoms with Crippen LogP contribution in [0.3, 0.4) is 0 Å². The van der Waals surface area contributed by atoms with E-state index in [0.717, 1.165) is 57.1 Å². The summed E-state index contributed by atoms with van der Waals surface area (Å²) in [6, 6.07) is 9.86. The molecule has 1 heterocycles. The van der Waals surface area contributed by atoms with Gasteiger partial charge in [0.2, 0.25) is 0 Å². The van der Waals surface area contributed by atoms with Crippen LogP contribution >= 0.6 is 0 Å². The Morgan fingerprint density at radius 3 is 2.83 bits per heavy atom. The average Bonchev–Trinajstić information content (AvgIpc) is 2.61. The van der Waals surface area contributed by atoms with Crippen LogP contribution < -0.4 is 0 Å². The lowest BCUT2D eigenvalue weighted by molar-refractivity contribution is 0.0463. The van der Waals surface area contributed by atoms with E-state index < -0.39 is 0 Å². The minimum absolute atomic E-state index is 0.110. The number of nitrogens with zero attached hydrogens (tertiary/aromatic N) is 1. The Balaban J connectivity index is 1.82. The molecule has 0 radical (unpaired) electrons. The molecule has 1 aliphatic rings. The molecule has 0 spiro atoms. The predicted molar refractivity (Wildman–Crippen MR) is 95.7 cm³/mol. The fourth-order valence-electron chi connectivity index (χ4n) is 3.35. The second-order valence-electron chi connectivity index (χ2n) is 6.77. The first-order chi connectivity index (χ1) is 11.7. The van der Waals surface area contributed by atoms with Crippen LogP contribution in [0.2, 0.25) is 0 Å². The first-order valence-electron chi connectivity index (χ1n) is 9.36. The van der Waals surface area contributed by atoms with Gasteiger partial charge in [-0.3, -0.25) is 0 Å². The van der Waals surface area contributed by atoms with Gasteiger partial charge in [-0.2, -0.15) is 0 Å². The van der Waals surface area contributed by atoms with E-state index in [1.165, 1.54) is 0 Å². The Bertz CT molecular complexity index is 477. The van der Waals surface area contributed by atoms with Gasteiger partial charge in [0, 0.05) is 12.6 Å². The largest absolute Gasteiger partial charge is 0.445 e. The number of unbranched alkanes of at least 4 members (excludes halogenated alkanes) is 2. The Morgan fingerprint density at radius 1 is 1.29 bits per heavy atom. The molecule has 4 heteroatoms. The molecule has 2 atom stereocenters.